The molecular formula is C20H16F5NO5. The summed E-state index contributed by atoms with van der Waals surface area (Å²) in [5.74, 6) is -6.37. The summed E-state index contributed by atoms with van der Waals surface area (Å²) in [5, 5.41) is 2.54. The SMILES string of the molecule is COC(=O)/C=C(/Nc1cc(C)ccc1Oc1c(F)cc(C(F)(F)F)cc1F)C(=O)OC. The molecule has 0 aliphatic carbocycles. The van der Waals surface area contributed by atoms with Gasteiger partial charge in [0, 0.05) is 0 Å². The molecule has 0 atom stereocenters. The van der Waals surface area contributed by atoms with Gasteiger partial charge in [0.15, 0.2) is 23.1 Å². The Kier molecular flexibility index (Phi) is 7.21. The molecule has 166 valence electrons. The lowest BCUT2D eigenvalue weighted by atomic mass is 10.1. The van der Waals surface area contributed by atoms with Gasteiger partial charge in [-0.2, -0.15) is 13.2 Å². The quantitative estimate of drug-likeness (QED) is 0.394. The van der Waals surface area contributed by atoms with E-state index in [-0.39, 0.29) is 23.6 Å². The third-order valence-corrected chi connectivity index (χ3v) is 3.81. The second-order valence-electron chi connectivity index (χ2n) is 6.07. The molecule has 0 amide bonds. The van der Waals surface area contributed by atoms with Crippen LogP contribution < -0.4 is 10.1 Å². The molecule has 0 fully saturated rings. The smallest absolute Gasteiger partial charge is 0.416 e. The number of nitrogens with one attached hydrogen (secondary N) is 1. The van der Waals surface area contributed by atoms with Crippen LogP contribution in [0.4, 0.5) is 27.6 Å². The van der Waals surface area contributed by atoms with Gasteiger partial charge in [-0.1, -0.05) is 6.07 Å². The molecule has 2 rings (SSSR count). The van der Waals surface area contributed by atoms with Crippen molar-refractivity contribution in [2.24, 2.45) is 0 Å². The number of ether oxygens (including phenoxy) is 3. The highest BCUT2D eigenvalue weighted by molar-refractivity contribution is 5.99. The first kappa shape index (κ1) is 23.6. The molecule has 2 aromatic carbocycles. The lowest BCUT2D eigenvalue weighted by molar-refractivity contribution is -0.138. The highest BCUT2D eigenvalue weighted by Crippen LogP contribution is 2.38. The average molecular weight is 445 g/mol. The van der Waals surface area contributed by atoms with Crippen LogP contribution >= 0.6 is 0 Å². The molecule has 0 aliphatic heterocycles. The monoisotopic (exact) mass is 445 g/mol. The molecule has 1 N–H and O–H groups in total. The van der Waals surface area contributed by atoms with E-state index in [1.54, 1.807) is 6.92 Å². The maximum absolute atomic E-state index is 14.2. The maximum Gasteiger partial charge on any atom is 0.416 e. The first-order valence-electron chi connectivity index (χ1n) is 8.46. The summed E-state index contributed by atoms with van der Waals surface area (Å²) >= 11 is 0. The largest absolute Gasteiger partial charge is 0.466 e. The average Bonchev–Trinajstić information content (AvgIpc) is 2.69. The van der Waals surface area contributed by atoms with E-state index in [0.717, 1.165) is 20.3 Å². The molecule has 31 heavy (non-hydrogen) atoms. The number of rotatable bonds is 6. The summed E-state index contributed by atoms with van der Waals surface area (Å²) in [4.78, 5) is 23.4. The summed E-state index contributed by atoms with van der Waals surface area (Å²) in [6.07, 6.45) is -4.18. The predicted molar refractivity (Wildman–Crippen MR) is 98.4 cm³/mol. The summed E-state index contributed by atoms with van der Waals surface area (Å²) in [7, 11) is 2.13. The first-order valence-corrected chi connectivity index (χ1v) is 8.46. The van der Waals surface area contributed by atoms with Gasteiger partial charge in [-0.15, -0.1) is 0 Å². The first-order chi connectivity index (χ1) is 14.5. The molecular weight excluding hydrogens is 429 g/mol. The van der Waals surface area contributed by atoms with Gasteiger partial charge in [-0.25, -0.2) is 18.4 Å². The number of carbonyl (C=O) groups excluding carboxylic acids is 2. The minimum absolute atomic E-state index is 0.0285. The minimum Gasteiger partial charge on any atom is -0.466 e. The Morgan fingerprint density at radius 1 is 1.00 bits per heavy atom. The molecule has 6 nitrogen and oxygen atoms in total. The van der Waals surface area contributed by atoms with Crippen molar-refractivity contribution < 1.29 is 45.8 Å². The van der Waals surface area contributed by atoms with Gasteiger partial charge in [0.25, 0.3) is 0 Å². The topological polar surface area (TPSA) is 73.9 Å². The van der Waals surface area contributed by atoms with Crippen LogP contribution in [0.2, 0.25) is 0 Å². The van der Waals surface area contributed by atoms with Crippen LogP contribution in [-0.4, -0.2) is 26.2 Å². The van der Waals surface area contributed by atoms with Crippen LogP contribution in [0.5, 0.6) is 11.5 Å². The molecule has 0 aromatic heterocycles. The molecule has 2 aromatic rings. The molecule has 0 bridgehead atoms. The van der Waals surface area contributed by atoms with E-state index in [9.17, 15) is 31.5 Å². The number of halogens is 5. The lowest BCUT2D eigenvalue weighted by Gasteiger charge is -2.16. The second kappa shape index (κ2) is 9.45. The van der Waals surface area contributed by atoms with Crippen LogP contribution in [0.15, 0.2) is 42.1 Å². The van der Waals surface area contributed by atoms with E-state index in [1.807, 2.05) is 0 Å². The second-order valence-corrected chi connectivity index (χ2v) is 6.07. The van der Waals surface area contributed by atoms with Gasteiger partial charge < -0.3 is 19.5 Å². The number of benzene rings is 2. The molecule has 0 aliphatic rings. The molecule has 0 heterocycles. The number of alkyl halides is 3. The number of aryl methyl sites for hydroxylation is 1. The third-order valence-electron chi connectivity index (χ3n) is 3.81. The zero-order valence-electron chi connectivity index (χ0n) is 16.4. The van der Waals surface area contributed by atoms with E-state index in [4.69, 9.17) is 4.74 Å². The number of anilines is 1. The van der Waals surface area contributed by atoms with E-state index < -0.39 is 46.8 Å². The fourth-order valence-electron chi connectivity index (χ4n) is 2.34. The fourth-order valence-corrected chi connectivity index (χ4v) is 2.34. The molecule has 0 saturated heterocycles. The van der Waals surface area contributed by atoms with Gasteiger partial charge >= 0.3 is 18.1 Å². The van der Waals surface area contributed by atoms with Crippen LogP contribution in [-0.2, 0) is 25.2 Å². The van der Waals surface area contributed by atoms with E-state index in [2.05, 4.69) is 14.8 Å². The Morgan fingerprint density at radius 2 is 1.61 bits per heavy atom. The Hall–Kier alpha value is -3.63. The van der Waals surface area contributed by atoms with Crippen molar-refractivity contribution in [3.8, 4) is 11.5 Å². The summed E-state index contributed by atoms with van der Waals surface area (Å²) in [6.45, 7) is 1.65. The van der Waals surface area contributed by atoms with Crippen LogP contribution in [0, 0.1) is 18.6 Å². The molecule has 0 saturated carbocycles. The summed E-state index contributed by atoms with van der Waals surface area (Å²) in [5.41, 5.74) is -1.32. The van der Waals surface area contributed by atoms with Crippen LogP contribution in [0.3, 0.4) is 0 Å². The van der Waals surface area contributed by atoms with E-state index in [0.29, 0.717) is 5.56 Å². The zero-order valence-corrected chi connectivity index (χ0v) is 16.4. The van der Waals surface area contributed by atoms with E-state index in [1.165, 1.54) is 18.2 Å². The van der Waals surface area contributed by atoms with Crippen molar-refractivity contribution in [3.05, 3.63) is 64.9 Å². The van der Waals surface area contributed by atoms with Crippen LogP contribution in [0.1, 0.15) is 11.1 Å². The zero-order chi connectivity index (χ0) is 23.3. The van der Waals surface area contributed by atoms with Crippen molar-refractivity contribution >= 4 is 17.6 Å². The number of esters is 2. The molecule has 11 heteroatoms. The fraction of sp³-hybridized carbons (Fsp3) is 0.200. The van der Waals surface area contributed by atoms with Crippen molar-refractivity contribution in [3.63, 3.8) is 0 Å². The number of hydrogen-bond acceptors (Lipinski definition) is 6. The molecule has 0 spiro atoms. The lowest BCUT2D eigenvalue weighted by Crippen LogP contribution is -2.16. The van der Waals surface area contributed by atoms with Gasteiger partial charge in [0.1, 0.15) is 5.70 Å². The Bertz CT molecular complexity index is 1010. The van der Waals surface area contributed by atoms with Crippen molar-refractivity contribution in [2.75, 3.05) is 19.5 Å². The molecule has 0 radical (unpaired) electrons. The van der Waals surface area contributed by atoms with Crippen molar-refractivity contribution in [1.29, 1.82) is 0 Å². The Morgan fingerprint density at radius 3 is 2.13 bits per heavy atom. The standard InChI is InChI=1S/C20H16F5NO5/c1-10-4-5-16(14(6-10)26-15(19(28)30-3)9-17(27)29-2)31-18-12(21)7-11(8-13(18)22)20(23,24)25/h4-9,26H,1-3H3/b15-9+. The van der Waals surface area contributed by atoms with Crippen molar-refractivity contribution in [2.45, 2.75) is 13.1 Å². The van der Waals surface area contributed by atoms with E-state index >= 15 is 0 Å². The van der Waals surface area contributed by atoms with Gasteiger partial charge in [-0.3, -0.25) is 0 Å². The van der Waals surface area contributed by atoms with Gasteiger partial charge in [-0.05, 0) is 36.8 Å². The number of hydrogen-bond donors (Lipinski definition) is 1. The third kappa shape index (κ3) is 5.93. The minimum atomic E-state index is -4.95. The highest BCUT2D eigenvalue weighted by Gasteiger charge is 2.33. The summed E-state index contributed by atoms with van der Waals surface area (Å²) < 4.78 is 80.7. The molecule has 0 unspecified atom stereocenters. The Labute approximate surface area is 173 Å². The Balaban J connectivity index is 2.48. The predicted octanol–water partition coefficient (Wildman–Crippen LogP) is 4.73. The number of carbonyl (C=O) groups is 2. The highest BCUT2D eigenvalue weighted by atomic mass is 19.4. The van der Waals surface area contributed by atoms with Gasteiger partial charge in [0.05, 0.1) is 31.5 Å². The summed E-state index contributed by atoms with van der Waals surface area (Å²) in [6, 6.07) is 4.35. The van der Waals surface area contributed by atoms with Crippen molar-refractivity contribution in [1.82, 2.24) is 0 Å². The maximum atomic E-state index is 14.2. The normalized spacial score (nSPS) is 11.7. The van der Waals surface area contributed by atoms with Crippen LogP contribution in [0.25, 0.3) is 0 Å². The van der Waals surface area contributed by atoms with Gasteiger partial charge in [0.2, 0.25) is 0 Å². The number of methoxy groups -OCH3 is 2.